The Morgan fingerprint density at radius 3 is 1.80 bits per heavy atom. The third-order valence-electron chi connectivity index (χ3n) is 5.02. The zero-order chi connectivity index (χ0) is 21.0. The number of amides is 1. The molecule has 0 aromatic heterocycles. The number of hydrogen-bond donors (Lipinski definition) is 2. The zero-order valence-electron chi connectivity index (χ0n) is 17.5. The first-order chi connectivity index (χ1) is 14.8. The van der Waals surface area contributed by atoms with Crippen LogP contribution in [0.5, 0.6) is 0 Å². The summed E-state index contributed by atoms with van der Waals surface area (Å²) in [5.41, 5.74) is 3.40. The van der Waals surface area contributed by atoms with E-state index < -0.39 is 0 Å². The van der Waals surface area contributed by atoms with Crippen molar-refractivity contribution in [1.82, 2.24) is 10.6 Å². The van der Waals surface area contributed by atoms with E-state index in [1.807, 2.05) is 66.7 Å². The van der Waals surface area contributed by atoms with Gasteiger partial charge in [0.25, 0.3) is 0 Å². The summed E-state index contributed by atoms with van der Waals surface area (Å²) in [6, 6.07) is 30.5. The highest BCUT2D eigenvalue weighted by Gasteiger charge is 2.19. The Morgan fingerprint density at radius 1 is 0.800 bits per heavy atom. The number of carbonyl (C=O) groups excluding carboxylic acids is 1. The van der Waals surface area contributed by atoms with E-state index in [2.05, 4.69) is 41.8 Å². The molecule has 0 fully saturated rings. The lowest BCUT2D eigenvalue weighted by molar-refractivity contribution is 0.140. The second-order valence-electron chi connectivity index (χ2n) is 7.26. The molecule has 0 saturated heterocycles. The normalized spacial score (nSPS) is 11.8. The van der Waals surface area contributed by atoms with Gasteiger partial charge in [0.15, 0.2) is 0 Å². The second kappa shape index (κ2) is 11.8. The number of carbonyl (C=O) groups is 1. The van der Waals surface area contributed by atoms with Crippen molar-refractivity contribution in [1.29, 1.82) is 0 Å². The number of ether oxygens (including phenoxy) is 1. The average molecular weight is 403 g/mol. The maximum atomic E-state index is 12.3. The van der Waals surface area contributed by atoms with Crippen molar-refractivity contribution in [3.8, 4) is 0 Å². The van der Waals surface area contributed by atoms with Gasteiger partial charge in [-0.05, 0) is 23.1 Å². The Balaban J connectivity index is 1.75. The fourth-order valence-electron chi connectivity index (χ4n) is 3.39. The van der Waals surface area contributed by atoms with Crippen LogP contribution >= 0.6 is 0 Å². The molecule has 0 unspecified atom stereocenters. The molecule has 3 aromatic rings. The van der Waals surface area contributed by atoms with E-state index in [0.29, 0.717) is 13.2 Å². The van der Waals surface area contributed by atoms with Gasteiger partial charge in [0.05, 0.1) is 18.7 Å². The van der Waals surface area contributed by atoms with Gasteiger partial charge in [-0.1, -0.05) is 104 Å². The van der Waals surface area contributed by atoms with Crippen molar-refractivity contribution >= 4 is 6.09 Å². The molecule has 0 spiro atoms. The van der Waals surface area contributed by atoms with Crippen LogP contribution in [0.2, 0.25) is 0 Å². The summed E-state index contributed by atoms with van der Waals surface area (Å²) in [7, 11) is 0. The standard InChI is InChI=1S/C26H30N2O2/c1-2-3-19-30-26(29)28-24(21-13-7-4-8-14-21)20-27-25(22-15-9-5-10-16-22)23-17-11-6-12-18-23/h4-18,24-25,27H,2-3,19-20H2,1H3,(H,28,29)/t24-/m0/s1. The molecule has 2 N–H and O–H groups in total. The van der Waals surface area contributed by atoms with Crippen molar-refractivity contribution in [2.24, 2.45) is 0 Å². The predicted molar refractivity (Wildman–Crippen MR) is 121 cm³/mol. The van der Waals surface area contributed by atoms with Crippen LogP contribution in [0, 0.1) is 0 Å². The summed E-state index contributed by atoms with van der Waals surface area (Å²) in [6.45, 7) is 3.08. The van der Waals surface area contributed by atoms with Crippen LogP contribution in [-0.2, 0) is 4.74 Å². The highest BCUT2D eigenvalue weighted by Crippen LogP contribution is 2.23. The first-order valence-corrected chi connectivity index (χ1v) is 10.6. The maximum Gasteiger partial charge on any atom is 0.407 e. The molecule has 0 bridgehead atoms. The number of rotatable bonds is 10. The minimum atomic E-state index is -0.380. The van der Waals surface area contributed by atoms with E-state index in [1.165, 1.54) is 11.1 Å². The van der Waals surface area contributed by atoms with Gasteiger partial charge < -0.3 is 15.4 Å². The molecule has 0 aliphatic carbocycles. The monoisotopic (exact) mass is 402 g/mol. The summed E-state index contributed by atoms with van der Waals surface area (Å²) < 4.78 is 5.33. The Labute approximate surface area is 179 Å². The summed E-state index contributed by atoms with van der Waals surface area (Å²) >= 11 is 0. The molecule has 1 amide bonds. The molecule has 1 atom stereocenters. The predicted octanol–water partition coefficient (Wildman–Crippen LogP) is 5.63. The molecule has 0 heterocycles. The van der Waals surface area contributed by atoms with Crippen molar-refractivity contribution in [3.63, 3.8) is 0 Å². The van der Waals surface area contributed by atoms with Crippen LogP contribution in [0.1, 0.15) is 48.5 Å². The number of benzene rings is 3. The molecule has 4 heteroatoms. The number of unbranched alkanes of at least 4 members (excludes halogenated alkanes) is 1. The van der Waals surface area contributed by atoms with Crippen LogP contribution in [0.3, 0.4) is 0 Å². The van der Waals surface area contributed by atoms with Crippen molar-refractivity contribution < 1.29 is 9.53 Å². The van der Waals surface area contributed by atoms with Crippen molar-refractivity contribution in [2.45, 2.75) is 31.8 Å². The lowest BCUT2D eigenvalue weighted by Gasteiger charge is -2.25. The number of alkyl carbamates (subject to hydrolysis) is 1. The summed E-state index contributed by atoms with van der Waals surface area (Å²) in [6.07, 6.45) is 1.48. The lowest BCUT2D eigenvalue weighted by Crippen LogP contribution is -2.37. The van der Waals surface area contributed by atoms with Gasteiger partial charge in [0.2, 0.25) is 0 Å². The highest BCUT2D eigenvalue weighted by atomic mass is 16.5. The van der Waals surface area contributed by atoms with Gasteiger partial charge in [0, 0.05) is 6.54 Å². The molecule has 0 saturated carbocycles. The Bertz CT molecular complexity index is 830. The minimum absolute atomic E-state index is 0.0246. The van der Waals surface area contributed by atoms with Crippen LogP contribution < -0.4 is 10.6 Å². The molecule has 3 aromatic carbocycles. The van der Waals surface area contributed by atoms with Gasteiger partial charge in [-0.2, -0.15) is 0 Å². The minimum Gasteiger partial charge on any atom is -0.450 e. The maximum absolute atomic E-state index is 12.3. The molecule has 156 valence electrons. The van der Waals surface area contributed by atoms with E-state index in [4.69, 9.17) is 4.74 Å². The molecular formula is C26H30N2O2. The Hall–Kier alpha value is -3.11. The first-order valence-electron chi connectivity index (χ1n) is 10.6. The quantitative estimate of drug-likeness (QED) is 0.432. The zero-order valence-corrected chi connectivity index (χ0v) is 17.5. The number of hydrogen-bond acceptors (Lipinski definition) is 3. The first kappa shape index (κ1) is 21.6. The van der Waals surface area contributed by atoms with Crippen LogP contribution in [0.4, 0.5) is 4.79 Å². The summed E-state index contributed by atoms with van der Waals surface area (Å²) in [5, 5.41) is 6.68. The SMILES string of the molecule is CCCCOC(=O)N[C@@H](CNC(c1ccccc1)c1ccccc1)c1ccccc1. The van der Waals surface area contributed by atoms with E-state index in [-0.39, 0.29) is 18.2 Å². The van der Waals surface area contributed by atoms with Crippen molar-refractivity contribution in [3.05, 3.63) is 108 Å². The van der Waals surface area contributed by atoms with Crippen molar-refractivity contribution in [2.75, 3.05) is 13.2 Å². The fraction of sp³-hybridized carbons (Fsp3) is 0.269. The van der Waals surface area contributed by atoms with Crippen LogP contribution in [0.25, 0.3) is 0 Å². The molecule has 3 rings (SSSR count). The van der Waals surface area contributed by atoms with Crippen LogP contribution in [0.15, 0.2) is 91.0 Å². The lowest BCUT2D eigenvalue weighted by atomic mass is 9.98. The average Bonchev–Trinajstić information content (AvgIpc) is 2.80. The summed E-state index contributed by atoms with van der Waals surface area (Å²) in [4.78, 5) is 12.3. The smallest absolute Gasteiger partial charge is 0.407 e. The van der Waals surface area contributed by atoms with Gasteiger partial charge in [0.1, 0.15) is 0 Å². The van der Waals surface area contributed by atoms with Gasteiger partial charge in [-0.15, -0.1) is 0 Å². The highest BCUT2D eigenvalue weighted by molar-refractivity contribution is 5.68. The molecule has 0 radical (unpaired) electrons. The summed E-state index contributed by atoms with van der Waals surface area (Å²) in [5.74, 6) is 0. The van der Waals surface area contributed by atoms with Gasteiger partial charge in [-0.3, -0.25) is 0 Å². The molecule has 0 aliphatic heterocycles. The van der Waals surface area contributed by atoms with Crippen LogP contribution in [-0.4, -0.2) is 19.2 Å². The van der Waals surface area contributed by atoms with E-state index >= 15 is 0 Å². The van der Waals surface area contributed by atoms with E-state index in [9.17, 15) is 4.79 Å². The van der Waals surface area contributed by atoms with Gasteiger partial charge >= 0.3 is 6.09 Å². The topological polar surface area (TPSA) is 50.4 Å². The molecular weight excluding hydrogens is 372 g/mol. The number of nitrogens with one attached hydrogen (secondary N) is 2. The molecule has 4 nitrogen and oxygen atoms in total. The fourth-order valence-corrected chi connectivity index (χ4v) is 3.39. The van der Waals surface area contributed by atoms with E-state index in [1.54, 1.807) is 0 Å². The van der Waals surface area contributed by atoms with E-state index in [0.717, 1.165) is 18.4 Å². The third-order valence-corrected chi connectivity index (χ3v) is 5.02. The Kier molecular flexibility index (Phi) is 8.48. The third kappa shape index (κ3) is 6.46. The Morgan fingerprint density at radius 2 is 1.30 bits per heavy atom. The second-order valence-corrected chi connectivity index (χ2v) is 7.26. The largest absolute Gasteiger partial charge is 0.450 e. The van der Waals surface area contributed by atoms with Gasteiger partial charge in [-0.25, -0.2) is 4.79 Å². The molecule has 30 heavy (non-hydrogen) atoms. The molecule has 0 aliphatic rings.